The highest BCUT2D eigenvalue weighted by Crippen LogP contribution is 2.36. The smallest absolute Gasteiger partial charge is 0.335 e. The van der Waals surface area contributed by atoms with E-state index in [-0.39, 0.29) is 6.10 Å². The SMILES string of the molecule is O=C(O)C1(OC2CCCCCC2)CCCC1. The van der Waals surface area contributed by atoms with Crippen LogP contribution in [0.2, 0.25) is 0 Å². The molecule has 92 valence electrons. The third-order valence-corrected chi connectivity index (χ3v) is 4.00. The number of carbonyl (C=O) groups is 1. The van der Waals surface area contributed by atoms with Gasteiger partial charge in [0.25, 0.3) is 0 Å². The van der Waals surface area contributed by atoms with Crippen molar-refractivity contribution in [2.45, 2.75) is 75.9 Å². The molecule has 0 spiro atoms. The second-order valence-electron chi connectivity index (χ2n) is 5.24. The summed E-state index contributed by atoms with van der Waals surface area (Å²) < 4.78 is 5.98. The van der Waals surface area contributed by atoms with Crippen LogP contribution in [0.15, 0.2) is 0 Å². The fourth-order valence-corrected chi connectivity index (χ4v) is 3.01. The number of hydrogen-bond donors (Lipinski definition) is 1. The molecule has 0 aliphatic heterocycles. The minimum atomic E-state index is -0.838. The summed E-state index contributed by atoms with van der Waals surface area (Å²) in [4.78, 5) is 11.4. The standard InChI is InChI=1S/C13H22O3/c14-12(15)13(9-5-6-10-13)16-11-7-3-1-2-4-8-11/h11H,1-10H2,(H,14,15). The van der Waals surface area contributed by atoms with Crippen LogP contribution in [0, 0.1) is 0 Å². The van der Waals surface area contributed by atoms with Crippen LogP contribution in [-0.4, -0.2) is 22.8 Å². The molecule has 2 aliphatic rings. The normalized spacial score (nSPS) is 26.5. The van der Waals surface area contributed by atoms with Crippen molar-refractivity contribution in [2.75, 3.05) is 0 Å². The minimum absolute atomic E-state index is 0.191. The van der Waals surface area contributed by atoms with Crippen LogP contribution in [0.1, 0.15) is 64.2 Å². The molecule has 0 amide bonds. The number of aliphatic carboxylic acids is 1. The van der Waals surface area contributed by atoms with E-state index in [1.165, 1.54) is 25.7 Å². The summed E-state index contributed by atoms with van der Waals surface area (Å²) in [7, 11) is 0. The first-order valence-electron chi connectivity index (χ1n) is 6.64. The first-order chi connectivity index (χ1) is 7.73. The lowest BCUT2D eigenvalue weighted by molar-refractivity contribution is -0.174. The van der Waals surface area contributed by atoms with Crippen molar-refractivity contribution in [3.8, 4) is 0 Å². The molecule has 16 heavy (non-hydrogen) atoms. The van der Waals surface area contributed by atoms with Gasteiger partial charge >= 0.3 is 5.97 Å². The molecule has 2 rings (SSSR count). The van der Waals surface area contributed by atoms with Gasteiger partial charge in [-0.2, -0.15) is 0 Å². The summed E-state index contributed by atoms with van der Waals surface area (Å²) in [5, 5.41) is 9.34. The Morgan fingerprint density at radius 2 is 1.56 bits per heavy atom. The molecule has 0 aromatic carbocycles. The molecular formula is C13H22O3. The molecule has 0 heterocycles. The van der Waals surface area contributed by atoms with Crippen molar-refractivity contribution in [1.29, 1.82) is 0 Å². The van der Waals surface area contributed by atoms with Crippen LogP contribution in [0.3, 0.4) is 0 Å². The number of carboxylic acid groups (broad SMARTS) is 1. The van der Waals surface area contributed by atoms with Crippen LogP contribution in [0.5, 0.6) is 0 Å². The summed E-state index contributed by atoms with van der Waals surface area (Å²) in [6, 6.07) is 0. The molecule has 2 saturated carbocycles. The second kappa shape index (κ2) is 5.17. The predicted molar refractivity (Wildman–Crippen MR) is 61.4 cm³/mol. The molecule has 0 atom stereocenters. The van der Waals surface area contributed by atoms with E-state index in [1.54, 1.807) is 0 Å². The zero-order valence-electron chi connectivity index (χ0n) is 9.91. The summed E-state index contributed by atoms with van der Waals surface area (Å²) in [5.41, 5.74) is -0.838. The lowest BCUT2D eigenvalue weighted by atomic mass is 10.0. The highest BCUT2D eigenvalue weighted by molar-refractivity contribution is 5.77. The zero-order valence-corrected chi connectivity index (χ0v) is 9.91. The Bertz CT molecular complexity index is 236. The van der Waals surface area contributed by atoms with E-state index in [9.17, 15) is 9.90 Å². The third kappa shape index (κ3) is 2.57. The molecule has 0 aromatic rings. The van der Waals surface area contributed by atoms with E-state index in [0.29, 0.717) is 12.8 Å². The Hall–Kier alpha value is -0.570. The van der Waals surface area contributed by atoms with E-state index in [1.807, 2.05) is 0 Å². The van der Waals surface area contributed by atoms with Crippen molar-refractivity contribution in [2.24, 2.45) is 0 Å². The van der Waals surface area contributed by atoms with Gasteiger partial charge < -0.3 is 9.84 Å². The highest BCUT2D eigenvalue weighted by Gasteiger charge is 2.44. The second-order valence-corrected chi connectivity index (χ2v) is 5.24. The van der Waals surface area contributed by atoms with Crippen LogP contribution in [-0.2, 0) is 9.53 Å². The number of rotatable bonds is 3. The van der Waals surface area contributed by atoms with Gasteiger partial charge in [0.05, 0.1) is 6.10 Å². The Kier molecular flexibility index (Phi) is 3.85. The van der Waals surface area contributed by atoms with Crippen LogP contribution in [0.4, 0.5) is 0 Å². The van der Waals surface area contributed by atoms with Gasteiger partial charge in [-0.25, -0.2) is 4.79 Å². The maximum Gasteiger partial charge on any atom is 0.335 e. The van der Waals surface area contributed by atoms with Crippen molar-refractivity contribution in [3.63, 3.8) is 0 Å². The van der Waals surface area contributed by atoms with Gasteiger partial charge in [0.15, 0.2) is 5.60 Å². The Morgan fingerprint density at radius 3 is 2.06 bits per heavy atom. The van der Waals surface area contributed by atoms with Gasteiger partial charge in [0, 0.05) is 0 Å². The molecule has 0 unspecified atom stereocenters. The van der Waals surface area contributed by atoms with Gasteiger partial charge in [-0.05, 0) is 38.5 Å². The van der Waals surface area contributed by atoms with Gasteiger partial charge in [0.2, 0.25) is 0 Å². The molecule has 2 aliphatic carbocycles. The van der Waals surface area contributed by atoms with Crippen molar-refractivity contribution < 1.29 is 14.6 Å². The fraction of sp³-hybridized carbons (Fsp3) is 0.923. The predicted octanol–water partition coefficient (Wildman–Crippen LogP) is 3.12. The molecule has 3 nitrogen and oxygen atoms in total. The quantitative estimate of drug-likeness (QED) is 0.752. The zero-order chi connectivity index (χ0) is 11.4. The molecule has 2 fully saturated rings. The Balaban J connectivity index is 1.96. The highest BCUT2D eigenvalue weighted by atomic mass is 16.5. The summed E-state index contributed by atoms with van der Waals surface area (Å²) in [6.45, 7) is 0. The Morgan fingerprint density at radius 1 is 1.00 bits per heavy atom. The lowest BCUT2D eigenvalue weighted by Crippen LogP contribution is -2.41. The Labute approximate surface area is 97.2 Å². The summed E-state index contributed by atoms with van der Waals surface area (Å²) in [6.07, 6.45) is 10.7. The van der Waals surface area contributed by atoms with Crippen molar-refractivity contribution in [1.82, 2.24) is 0 Å². The van der Waals surface area contributed by atoms with E-state index < -0.39 is 11.6 Å². The number of hydrogen-bond acceptors (Lipinski definition) is 2. The van der Waals surface area contributed by atoms with Crippen LogP contribution < -0.4 is 0 Å². The lowest BCUT2D eigenvalue weighted by Gasteiger charge is -2.29. The van der Waals surface area contributed by atoms with Crippen LogP contribution >= 0.6 is 0 Å². The van der Waals surface area contributed by atoms with Crippen LogP contribution in [0.25, 0.3) is 0 Å². The van der Waals surface area contributed by atoms with E-state index in [0.717, 1.165) is 25.7 Å². The molecule has 0 saturated heterocycles. The van der Waals surface area contributed by atoms with E-state index >= 15 is 0 Å². The average molecular weight is 226 g/mol. The maximum absolute atomic E-state index is 11.4. The molecule has 0 radical (unpaired) electrons. The van der Waals surface area contributed by atoms with Gasteiger partial charge in [-0.1, -0.05) is 25.7 Å². The number of carboxylic acids is 1. The fourth-order valence-electron chi connectivity index (χ4n) is 3.01. The monoisotopic (exact) mass is 226 g/mol. The first-order valence-corrected chi connectivity index (χ1v) is 6.64. The van der Waals surface area contributed by atoms with E-state index in [2.05, 4.69) is 0 Å². The first kappa shape index (κ1) is 11.9. The molecule has 1 N–H and O–H groups in total. The minimum Gasteiger partial charge on any atom is -0.479 e. The largest absolute Gasteiger partial charge is 0.479 e. The average Bonchev–Trinajstić information content (AvgIpc) is 2.58. The van der Waals surface area contributed by atoms with Gasteiger partial charge in [-0.3, -0.25) is 0 Å². The third-order valence-electron chi connectivity index (χ3n) is 4.00. The van der Waals surface area contributed by atoms with E-state index in [4.69, 9.17) is 4.74 Å². The topological polar surface area (TPSA) is 46.5 Å². The molecule has 0 aromatic heterocycles. The molecule has 3 heteroatoms. The summed E-state index contributed by atoms with van der Waals surface area (Å²) in [5.74, 6) is -0.741. The molecular weight excluding hydrogens is 204 g/mol. The molecule has 0 bridgehead atoms. The number of ether oxygens (including phenoxy) is 1. The van der Waals surface area contributed by atoms with Gasteiger partial charge in [-0.15, -0.1) is 0 Å². The van der Waals surface area contributed by atoms with Crippen molar-refractivity contribution >= 4 is 5.97 Å². The summed E-state index contributed by atoms with van der Waals surface area (Å²) >= 11 is 0. The van der Waals surface area contributed by atoms with Gasteiger partial charge in [0.1, 0.15) is 0 Å². The maximum atomic E-state index is 11.4. The van der Waals surface area contributed by atoms with Crippen molar-refractivity contribution in [3.05, 3.63) is 0 Å².